The van der Waals surface area contributed by atoms with Crippen LogP contribution in [0.15, 0.2) is 12.2 Å². The Balaban J connectivity index is 1.10. The first-order valence-electron chi connectivity index (χ1n) is 22.5. The molecule has 4 aliphatic carbocycles. The van der Waals surface area contributed by atoms with Crippen LogP contribution in [-0.2, 0) is 19.1 Å². The molecule has 0 aromatic rings. The van der Waals surface area contributed by atoms with E-state index in [4.69, 9.17) is 9.84 Å². The van der Waals surface area contributed by atoms with Crippen molar-refractivity contribution in [3.05, 3.63) is 12.2 Å². The first-order valence-corrected chi connectivity index (χ1v) is 22.5. The maximum absolute atomic E-state index is 12.9. The van der Waals surface area contributed by atoms with Crippen molar-refractivity contribution in [2.24, 2.45) is 46.3 Å². The number of nitrogens with one attached hydrogen (secondary N) is 1. The van der Waals surface area contributed by atoms with E-state index in [0.29, 0.717) is 48.3 Å². The van der Waals surface area contributed by atoms with Crippen molar-refractivity contribution in [3.63, 3.8) is 0 Å². The van der Waals surface area contributed by atoms with Crippen LogP contribution < -0.4 is 5.32 Å². The maximum atomic E-state index is 12.9. The van der Waals surface area contributed by atoms with Gasteiger partial charge < -0.3 is 20.3 Å². The molecule has 10 atom stereocenters. The van der Waals surface area contributed by atoms with Gasteiger partial charge in [0.1, 0.15) is 12.6 Å². The van der Waals surface area contributed by atoms with Gasteiger partial charge in [-0.2, -0.15) is 0 Å². The molecule has 0 aliphatic heterocycles. The van der Waals surface area contributed by atoms with Gasteiger partial charge in [0.05, 0.1) is 6.10 Å². The minimum atomic E-state index is -1.02. The maximum Gasteiger partial charge on any atom is 0.322 e. The van der Waals surface area contributed by atoms with Gasteiger partial charge in [0.15, 0.2) is 0 Å². The number of aliphatic carboxylic acids is 1. The number of hydrogen-bond acceptors (Lipinski definition) is 5. The Hall–Kier alpha value is -1.89. The van der Waals surface area contributed by atoms with Gasteiger partial charge in [-0.15, -0.1) is 0 Å². The molecule has 53 heavy (non-hydrogen) atoms. The Morgan fingerprint density at radius 2 is 1.43 bits per heavy atom. The molecular weight excluding hydrogens is 663 g/mol. The molecule has 0 saturated heterocycles. The summed E-state index contributed by atoms with van der Waals surface area (Å²) in [6, 6.07) is 0. The monoisotopic (exact) mass is 742 g/mol. The van der Waals surface area contributed by atoms with Crippen LogP contribution in [0.2, 0.25) is 0 Å². The number of carboxylic acid groups (broad SMARTS) is 1. The summed E-state index contributed by atoms with van der Waals surface area (Å²) >= 11 is 0. The molecule has 4 aliphatic rings. The van der Waals surface area contributed by atoms with Crippen molar-refractivity contribution in [2.75, 3.05) is 6.54 Å². The summed E-state index contributed by atoms with van der Waals surface area (Å²) in [6.07, 6.45) is 33.7. The smallest absolute Gasteiger partial charge is 0.322 e. The Morgan fingerprint density at radius 1 is 0.792 bits per heavy atom. The highest BCUT2D eigenvalue weighted by atomic mass is 16.5. The van der Waals surface area contributed by atoms with Crippen LogP contribution in [-0.4, -0.2) is 46.8 Å². The molecule has 1 amide bonds. The largest absolute Gasteiger partial charge is 0.480 e. The van der Waals surface area contributed by atoms with Crippen LogP contribution >= 0.6 is 0 Å². The number of amides is 1. The lowest BCUT2D eigenvalue weighted by molar-refractivity contribution is -0.181. The van der Waals surface area contributed by atoms with E-state index in [0.717, 1.165) is 57.8 Å². The molecule has 7 nitrogen and oxygen atoms in total. The summed E-state index contributed by atoms with van der Waals surface area (Å²) in [4.78, 5) is 35.9. The minimum absolute atomic E-state index is 0.00521. The van der Waals surface area contributed by atoms with Crippen LogP contribution in [0.4, 0.5) is 0 Å². The Bertz CT molecular complexity index is 1150. The molecule has 4 rings (SSSR count). The van der Waals surface area contributed by atoms with Gasteiger partial charge in [-0.25, -0.2) is 0 Å². The fourth-order valence-electron chi connectivity index (χ4n) is 12.0. The first kappa shape index (κ1) is 43.8. The third-order valence-corrected chi connectivity index (χ3v) is 15.2. The molecule has 0 spiro atoms. The number of fused-ring (bicyclic) bond motifs is 5. The van der Waals surface area contributed by atoms with Crippen LogP contribution in [0.3, 0.4) is 0 Å². The standard InChI is InChI=1S/C46H79NO6/c1-5-6-7-8-9-10-11-12-13-14-15-16-17-18-19-20-21-22-44(52)53-36-29-30-45(3)35(31-36)24-25-37-39-27-26-38(46(39,4)41(48)32-40(37)45)34(2)23-28-42(49)47-33-43(50)51/h12-13,34-41,48H,5-11,14-33H2,1-4H3,(H,47,49)(H,50,51)/b13-12-. The third-order valence-electron chi connectivity index (χ3n) is 15.2. The van der Waals surface area contributed by atoms with E-state index in [9.17, 15) is 19.5 Å². The van der Waals surface area contributed by atoms with Crippen molar-refractivity contribution in [2.45, 2.75) is 207 Å². The second-order valence-corrected chi connectivity index (χ2v) is 18.6. The van der Waals surface area contributed by atoms with Gasteiger partial charge in [-0.1, -0.05) is 104 Å². The molecule has 0 aromatic heterocycles. The van der Waals surface area contributed by atoms with Crippen molar-refractivity contribution < 1.29 is 29.3 Å². The minimum Gasteiger partial charge on any atom is -0.480 e. The fourth-order valence-corrected chi connectivity index (χ4v) is 12.0. The molecular formula is C46H79NO6. The van der Waals surface area contributed by atoms with Gasteiger partial charge in [-0.05, 0) is 136 Å². The van der Waals surface area contributed by atoms with Crippen LogP contribution in [0.1, 0.15) is 195 Å². The van der Waals surface area contributed by atoms with E-state index in [1.807, 2.05) is 0 Å². The number of carbonyl (C=O) groups excluding carboxylic acids is 2. The Labute approximate surface area is 323 Å². The summed E-state index contributed by atoms with van der Waals surface area (Å²) in [6.45, 7) is 8.98. The zero-order valence-corrected chi connectivity index (χ0v) is 34.4. The van der Waals surface area contributed by atoms with Crippen molar-refractivity contribution in [1.82, 2.24) is 5.32 Å². The zero-order valence-electron chi connectivity index (χ0n) is 34.4. The summed E-state index contributed by atoms with van der Waals surface area (Å²) < 4.78 is 6.11. The highest BCUT2D eigenvalue weighted by Gasteiger charge is 2.63. The van der Waals surface area contributed by atoms with E-state index in [2.05, 4.69) is 45.2 Å². The number of rotatable bonds is 24. The van der Waals surface area contributed by atoms with E-state index in [-0.39, 0.29) is 41.5 Å². The molecule has 0 radical (unpaired) electrons. The van der Waals surface area contributed by atoms with Crippen LogP contribution in [0, 0.1) is 46.3 Å². The van der Waals surface area contributed by atoms with Crippen LogP contribution in [0.25, 0.3) is 0 Å². The van der Waals surface area contributed by atoms with E-state index >= 15 is 0 Å². The Kier molecular flexibility index (Phi) is 18.2. The molecule has 0 bridgehead atoms. The number of ether oxygens (including phenoxy) is 1. The molecule has 0 heterocycles. The average molecular weight is 742 g/mol. The molecule has 3 N–H and O–H groups in total. The number of carbonyl (C=O) groups is 3. The molecule has 10 unspecified atom stereocenters. The number of esters is 1. The van der Waals surface area contributed by atoms with Gasteiger partial charge >= 0.3 is 11.9 Å². The van der Waals surface area contributed by atoms with E-state index in [1.165, 1.54) is 96.3 Å². The second-order valence-electron chi connectivity index (χ2n) is 18.6. The van der Waals surface area contributed by atoms with Gasteiger partial charge in [-0.3, -0.25) is 14.4 Å². The van der Waals surface area contributed by atoms with Crippen molar-refractivity contribution in [1.29, 1.82) is 0 Å². The molecule has 7 heteroatoms. The summed E-state index contributed by atoms with van der Waals surface area (Å²) in [5.41, 5.74) is 0.0436. The SMILES string of the molecule is CCCCCCCC/C=C\CCCCCCCCCC(=O)OC1CCC2(C)C(CCC3C2CC(O)C2(C)C(C(C)CCC(=O)NCC(=O)O)CCC32)C1. The number of unbranched alkanes of at least 4 members (excludes halogenated alkanes) is 13. The highest BCUT2D eigenvalue weighted by Crippen LogP contribution is 2.68. The van der Waals surface area contributed by atoms with Crippen LogP contribution in [0.5, 0.6) is 0 Å². The van der Waals surface area contributed by atoms with E-state index in [1.54, 1.807) is 0 Å². The quantitative estimate of drug-likeness (QED) is 0.0516. The predicted molar refractivity (Wildman–Crippen MR) is 214 cm³/mol. The number of aliphatic hydroxyl groups excluding tert-OH is 1. The molecule has 4 saturated carbocycles. The topological polar surface area (TPSA) is 113 Å². The number of hydrogen-bond donors (Lipinski definition) is 3. The Morgan fingerprint density at radius 3 is 2.09 bits per heavy atom. The molecule has 4 fully saturated rings. The molecule has 304 valence electrons. The lowest BCUT2D eigenvalue weighted by atomic mass is 9.43. The van der Waals surface area contributed by atoms with Crippen molar-refractivity contribution >= 4 is 17.8 Å². The molecule has 0 aromatic carbocycles. The van der Waals surface area contributed by atoms with Gasteiger partial charge in [0.2, 0.25) is 5.91 Å². The second kappa shape index (κ2) is 22.0. The average Bonchev–Trinajstić information content (AvgIpc) is 3.50. The number of carboxylic acids is 1. The van der Waals surface area contributed by atoms with Gasteiger partial charge in [0.25, 0.3) is 0 Å². The van der Waals surface area contributed by atoms with E-state index < -0.39 is 5.97 Å². The fraction of sp³-hybridized carbons (Fsp3) is 0.891. The predicted octanol–water partition coefficient (Wildman–Crippen LogP) is 11.0. The highest BCUT2D eigenvalue weighted by molar-refractivity contribution is 5.81. The van der Waals surface area contributed by atoms with Crippen molar-refractivity contribution in [3.8, 4) is 0 Å². The number of aliphatic hydroxyl groups is 1. The summed E-state index contributed by atoms with van der Waals surface area (Å²) in [5, 5.41) is 23.3. The lowest BCUT2D eigenvalue weighted by Gasteiger charge is -2.62. The zero-order chi connectivity index (χ0) is 38.3. The lowest BCUT2D eigenvalue weighted by Crippen LogP contribution is -2.59. The van der Waals surface area contributed by atoms with Gasteiger partial charge in [0, 0.05) is 12.8 Å². The summed E-state index contributed by atoms with van der Waals surface area (Å²) in [5.74, 6) is 1.61. The summed E-state index contributed by atoms with van der Waals surface area (Å²) in [7, 11) is 0. The number of allylic oxidation sites excluding steroid dienone is 2. The first-order chi connectivity index (χ1) is 25.5. The normalized spacial score (nSPS) is 32.8. The third kappa shape index (κ3) is 12.3.